The summed E-state index contributed by atoms with van der Waals surface area (Å²) in [4.78, 5) is 0. The van der Waals surface area contributed by atoms with Crippen LogP contribution < -0.4 is 11.5 Å². The molecule has 0 aromatic heterocycles. The van der Waals surface area contributed by atoms with Crippen molar-refractivity contribution < 1.29 is 0 Å². The number of hydrogen-bond acceptors (Lipinski definition) is 2. The summed E-state index contributed by atoms with van der Waals surface area (Å²) in [6.07, 6.45) is 4.90. The van der Waals surface area contributed by atoms with E-state index in [0.717, 1.165) is 31.3 Å². The molecule has 0 saturated carbocycles. The van der Waals surface area contributed by atoms with Gasteiger partial charge in [0, 0.05) is 0 Å². The molecular formula is C10H24N2. The van der Waals surface area contributed by atoms with Gasteiger partial charge in [0.05, 0.1) is 0 Å². The topological polar surface area (TPSA) is 52.0 Å². The second kappa shape index (κ2) is 7.56. The van der Waals surface area contributed by atoms with Gasteiger partial charge in [0.15, 0.2) is 0 Å². The molecule has 0 amide bonds. The SMILES string of the molecule is CC(CCN)C(C)CCCCN. The Morgan fingerprint density at radius 2 is 1.42 bits per heavy atom. The van der Waals surface area contributed by atoms with E-state index in [4.69, 9.17) is 11.5 Å². The van der Waals surface area contributed by atoms with Crippen molar-refractivity contribution in [1.82, 2.24) is 0 Å². The molecule has 0 radical (unpaired) electrons. The molecule has 0 aromatic carbocycles. The van der Waals surface area contributed by atoms with Crippen LogP contribution in [0.25, 0.3) is 0 Å². The molecule has 0 spiro atoms. The highest BCUT2D eigenvalue weighted by Crippen LogP contribution is 2.19. The fraction of sp³-hybridized carbons (Fsp3) is 1.00. The number of hydrogen-bond donors (Lipinski definition) is 2. The molecule has 0 bridgehead atoms. The number of rotatable bonds is 7. The van der Waals surface area contributed by atoms with Crippen LogP contribution in [0.15, 0.2) is 0 Å². The first-order valence-electron chi connectivity index (χ1n) is 5.12. The van der Waals surface area contributed by atoms with Crippen LogP contribution in [-0.2, 0) is 0 Å². The Morgan fingerprint density at radius 1 is 0.833 bits per heavy atom. The maximum atomic E-state index is 5.50. The molecule has 0 aliphatic carbocycles. The van der Waals surface area contributed by atoms with E-state index in [1.807, 2.05) is 0 Å². The molecule has 2 unspecified atom stereocenters. The standard InChI is InChI=1S/C10H24N2/c1-9(5-3-4-7-11)10(2)6-8-12/h9-10H,3-8,11-12H2,1-2H3. The van der Waals surface area contributed by atoms with Crippen molar-refractivity contribution in [3.63, 3.8) is 0 Å². The third-order valence-electron chi connectivity index (χ3n) is 2.71. The fourth-order valence-corrected chi connectivity index (χ4v) is 1.44. The van der Waals surface area contributed by atoms with Gasteiger partial charge < -0.3 is 11.5 Å². The quantitative estimate of drug-likeness (QED) is 0.575. The van der Waals surface area contributed by atoms with Crippen molar-refractivity contribution >= 4 is 0 Å². The van der Waals surface area contributed by atoms with Gasteiger partial charge in [-0.25, -0.2) is 0 Å². The Morgan fingerprint density at radius 3 is 1.92 bits per heavy atom. The molecule has 2 atom stereocenters. The lowest BCUT2D eigenvalue weighted by Crippen LogP contribution is -2.13. The lowest BCUT2D eigenvalue weighted by atomic mass is 9.89. The number of unbranched alkanes of at least 4 members (excludes halogenated alkanes) is 1. The van der Waals surface area contributed by atoms with Crippen LogP contribution in [0, 0.1) is 11.8 Å². The summed E-state index contributed by atoms with van der Waals surface area (Å²) in [7, 11) is 0. The van der Waals surface area contributed by atoms with Gasteiger partial charge in [-0.15, -0.1) is 0 Å². The lowest BCUT2D eigenvalue weighted by Gasteiger charge is -2.18. The Bertz CT molecular complexity index is 93.8. The highest BCUT2D eigenvalue weighted by atomic mass is 14.5. The summed E-state index contributed by atoms with van der Waals surface area (Å²) in [5.74, 6) is 1.58. The van der Waals surface area contributed by atoms with E-state index in [1.165, 1.54) is 19.3 Å². The first kappa shape index (κ1) is 11.9. The number of nitrogens with two attached hydrogens (primary N) is 2. The molecule has 2 nitrogen and oxygen atoms in total. The van der Waals surface area contributed by atoms with Crippen molar-refractivity contribution in [2.45, 2.75) is 39.5 Å². The van der Waals surface area contributed by atoms with Crippen LogP contribution in [0.3, 0.4) is 0 Å². The van der Waals surface area contributed by atoms with Crippen LogP contribution in [0.5, 0.6) is 0 Å². The Labute approximate surface area is 76.7 Å². The average Bonchev–Trinajstić information content (AvgIpc) is 2.05. The third-order valence-corrected chi connectivity index (χ3v) is 2.71. The van der Waals surface area contributed by atoms with Crippen LogP contribution >= 0.6 is 0 Å². The second-order valence-electron chi connectivity index (χ2n) is 3.82. The summed E-state index contributed by atoms with van der Waals surface area (Å²) in [5, 5.41) is 0. The summed E-state index contributed by atoms with van der Waals surface area (Å²) in [6, 6.07) is 0. The lowest BCUT2D eigenvalue weighted by molar-refractivity contribution is 0.339. The molecule has 0 saturated heterocycles. The van der Waals surface area contributed by atoms with E-state index in [2.05, 4.69) is 13.8 Å². The predicted molar refractivity (Wildman–Crippen MR) is 54.9 cm³/mol. The van der Waals surface area contributed by atoms with Gasteiger partial charge in [-0.05, 0) is 37.8 Å². The Balaban J connectivity index is 3.35. The molecule has 2 heteroatoms. The van der Waals surface area contributed by atoms with Gasteiger partial charge in [-0.2, -0.15) is 0 Å². The highest BCUT2D eigenvalue weighted by Gasteiger charge is 2.10. The summed E-state index contributed by atoms with van der Waals surface area (Å²) in [6.45, 7) is 6.26. The maximum Gasteiger partial charge on any atom is -0.00746 e. The first-order valence-corrected chi connectivity index (χ1v) is 5.12. The van der Waals surface area contributed by atoms with E-state index in [1.54, 1.807) is 0 Å². The molecular weight excluding hydrogens is 148 g/mol. The van der Waals surface area contributed by atoms with Crippen molar-refractivity contribution in [1.29, 1.82) is 0 Å². The van der Waals surface area contributed by atoms with Crippen LogP contribution in [0.4, 0.5) is 0 Å². The molecule has 0 aromatic rings. The minimum Gasteiger partial charge on any atom is -0.330 e. The zero-order chi connectivity index (χ0) is 9.40. The van der Waals surface area contributed by atoms with E-state index < -0.39 is 0 Å². The van der Waals surface area contributed by atoms with E-state index in [-0.39, 0.29) is 0 Å². The molecule has 0 fully saturated rings. The van der Waals surface area contributed by atoms with Gasteiger partial charge in [0.2, 0.25) is 0 Å². The van der Waals surface area contributed by atoms with E-state index in [0.29, 0.717) is 0 Å². The highest BCUT2D eigenvalue weighted by molar-refractivity contribution is 4.62. The van der Waals surface area contributed by atoms with Crippen molar-refractivity contribution in [2.75, 3.05) is 13.1 Å². The second-order valence-corrected chi connectivity index (χ2v) is 3.82. The Hall–Kier alpha value is -0.0800. The maximum absolute atomic E-state index is 5.50. The van der Waals surface area contributed by atoms with Crippen LogP contribution in [0.1, 0.15) is 39.5 Å². The molecule has 4 N–H and O–H groups in total. The fourth-order valence-electron chi connectivity index (χ4n) is 1.44. The van der Waals surface area contributed by atoms with E-state index in [9.17, 15) is 0 Å². The monoisotopic (exact) mass is 172 g/mol. The molecule has 0 heterocycles. The van der Waals surface area contributed by atoms with Gasteiger partial charge in [-0.1, -0.05) is 26.7 Å². The summed E-state index contributed by atoms with van der Waals surface area (Å²) < 4.78 is 0. The van der Waals surface area contributed by atoms with Crippen molar-refractivity contribution in [3.8, 4) is 0 Å². The van der Waals surface area contributed by atoms with Gasteiger partial charge in [0.25, 0.3) is 0 Å². The van der Waals surface area contributed by atoms with Crippen LogP contribution in [-0.4, -0.2) is 13.1 Å². The summed E-state index contributed by atoms with van der Waals surface area (Å²) in [5.41, 5.74) is 10.9. The minimum atomic E-state index is 0.771. The van der Waals surface area contributed by atoms with Gasteiger partial charge >= 0.3 is 0 Å². The van der Waals surface area contributed by atoms with Crippen LogP contribution in [0.2, 0.25) is 0 Å². The van der Waals surface area contributed by atoms with Crippen molar-refractivity contribution in [2.24, 2.45) is 23.3 Å². The molecule has 74 valence electrons. The van der Waals surface area contributed by atoms with Gasteiger partial charge in [0.1, 0.15) is 0 Å². The van der Waals surface area contributed by atoms with E-state index >= 15 is 0 Å². The smallest absolute Gasteiger partial charge is 0.00746 e. The molecule has 0 aliphatic heterocycles. The first-order chi connectivity index (χ1) is 5.72. The average molecular weight is 172 g/mol. The largest absolute Gasteiger partial charge is 0.330 e. The zero-order valence-corrected chi connectivity index (χ0v) is 8.55. The molecule has 12 heavy (non-hydrogen) atoms. The summed E-state index contributed by atoms with van der Waals surface area (Å²) >= 11 is 0. The predicted octanol–water partition coefficient (Wildman–Crippen LogP) is 1.74. The van der Waals surface area contributed by atoms with Gasteiger partial charge in [-0.3, -0.25) is 0 Å². The zero-order valence-electron chi connectivity index (χ0n) is 8.55. The minimum absolute atomic E-state index is 0.771. The van der Waals surface area contributed by atoms with Crippen molar-refractivity contribution in [3.05, 3.63) is 0 Å². The molecule has 0 aliphatic rings. The Kier molecular flexibility index (Phi) is 7.51. The molecule has 0 rings (SSSR count). The normalized spacial score (nSPS) is 16.0. The third kappa shape index (κ3) is 5.56.